The topological polar surface area (TPSA) is 3.24 Å². The van der Waals surface area contributed by atoms with Crippen LogP contribution in [0.25, 0.3) is 65.7 Å². The van der Waals surface area contributed by atoms with Gasteiger partial charge in [0.05, 0.1) is 0 Å². The molecule has 0 saturated carbocycles. The zero-order valence-corrected chi connectivity index (χ0v) is 50.2. The molecule has 0 radical (unpaired) electrons. The van der Waals surface area contributed by atoms with Gasteiger partial charge in [-0.3, -0.25) is 0 Å². The number of hydrogen-bond acceptors (Lipinski definition) is 1. The molecule has 0 spiro atoms. The van der Waals surface area contributed by atoms with Gasteiger partial charge in [-0.05, 0) is 150 Å². The van der Waals surface area contributed by atoms with Crippen molar-refractivity contribution in [1.82, 2.24) is 0 Å². The molecule has 0 aliphatic heterocycles. The molecule has 410 valence electrons. The fourth-order valence-electron chi connectivity index (χ4n) is 14.2. The summed E-state index contributed by atoms with van der Waals surface area (Å²) in [5.41, 5.74) is 10.4. The standard InChI is InChI=1S/C84H61NSi2/c1-10-30-62(31-11-1)79-61-80(63-32-12-2-13-33-63)83-77-49-29-28-48-76(77)81-60-67(54-59-78(81)84(83)82(79)64-34-14-3-15-35-64)85(65-50-55-74(56-51-65)86(68-36-16-4-17-37-68,69-38-18-5-19-39-69)70-40-20-6-21-41-70)66-52-57-75(58-53-66)87(71-42-22-7-23-43-71,72-44-24-8-25-45-72)73-46-26-9-27-47-73/h1-61H. The van der Waals surface area contributed by atoms with E-state index in [1.165, 1.54) is 107 Å². The van der Waals surface area contributed by atoms with E-state index in [4.69, 9.17) is 0 Å². The molecule has 0 aliphatic carbocycles. The summed E-state index contributed by atoms with van der Waals surface area (Å²) in [4.78, 5) is 2.49. The average molecular weight is 1140 g/mol. The molecule has 3 heteroatoms. The quantitative estimate of drug-likeness (QED) is 0.0596. The van der Waals surface area contributed by atoms with Crippen LogP contribution < -0.4 is 46.4 Å². The number of nitrogens with zero attached hydrogens (tertiary/aromatic N) is 1. The van der Waals surface area contributed by atoms with E-state index < -0.39 is 16.1 Å². The summed E-state index contributed by atoms with van der Waals surface area (Å²) in [5, 5.41) is 18.1. The average Bonchev–Trinajstić information content (AvgIpc) is 1.13. The molecule has 0 fully saturated rings. The van der Waals surface area contributed by atoms with Crippen LogP contribution in [0.1, 0.15) is 0 Å². The first kappa shape index (κ1) is 53.1. The van der Waals surface area contributed by atoms with E-state index in [1.54, 1.807) is 0 Å². The molecule has 0 unspecified atom stereocenters. The van der Waals surface area contributed by atoms with Crippen LogP contribution in [0.3, 0.4) is 0 Å². The molecule has 0 aliphatic rings. The van der Waals surface area contributed by atoms with Crippen LogP contribution in [0.5, 0.6) is 0 Å². The zero-order valence-electron chi connectivity index (χ0n) is 48.2. The predicted molar refractivity (Wildman–Crippen MR) is 377 cm³/mol. The molecule has 15 rings (SSSR count). The first-order valence-electron chi connectivity index (χ1n) is 30.2. The van der Waals surface area contributed by atoms with Crippen LogP contribution in [-0.2, 0) is 0 Å². The lowest BCUT2D eigenvalue weighted by Gasteiger charge is -2.35. The van der Waals surface area contributed by atoms with Gasteiger partial charge in [-0.1, -0.05) is 328 Å². The Morgan fingerprint density at radius 1 is 0.184 bits per heavy atom. The highest BCUT2D eigenvalue weighted by Crippen LogP contribution is 2.50. The number of anilines is 3. The van der Waals surface area contributed by atoms with E-state index >= 15 is 0 Å². The molecule has 0 heterocycles. The Balaban J connectivity index is 1.00. The normalized spacial score (nSPS) is 11.7. The zero-order chi connectivity index (χ0) is 58.0. The molecule has 87 heavy (non-hydrogen) atoms. The van der Waals surface area contributed by atoms with Crippen molar-refractivity contribution in [1.29, 1.82) is 0 Å². The SMILES string of the molecule is c1ccc(-c2cc(-c3ccccc3)c3c4ccccc4c4cc(N(c5ccc([Si](c6ccccc6)(c6ccccc6)c6ccccc6)cc5)c5ccc([Si](c6ccccc6)(c6ccccc6)c6ccccc6)cc5)ccc4c3c2-c2ccccc2)cc1. The minimum Gasteiger partial charge on any atom is -0.310 e. The summed E-state index contributed by atoms with van der Waals surface area (Å²) in [5.74, 6) is 0. The van der Waals surface area contributed by atoms with Gasteiger partial charge >= 0.3 is 0 Å². The summed E-state index contributed by atoms with van der Waals surface area (Å²) < 4.78 is 0. The Morgan fingerprint density at radius 3 is 0.851 bits per heavy atom. The van der Waals surface area contributed by atoms with E-state index in [-0.39, 0.29) is 0 Å². The smallest absolute Gasteiger partial charge is 0.179 e. The number of rotatable bonds is 14. The summed E-state index contributed by atoms with van der Waals surface area (Å²) in [7, 11) is -5.68. The van der Waals surface area contributed by atoms with Crippen molar-refractivity contribution < 1.29 is 0 Å². The van der Waals surface area contributed by atoms with Gasteiger partial charge in [0.15, 0.2) is 16.1 Å². The van der Waals surface area contributed by atoms with E-state index in [1.807, 2.05) is 0 Å². The van der Waals surface area contributed by atoms with E-state index in [0.717, 1.165) is 17.1 Å². The maximum atomic E-state index is 2.49. The van der Waals surface area contributed by atoms with E-state index in [2.05, 4.69) is 375 Å². The molecule has 1 nitrogen and oxygen atoms in total. The maximum Gasteiger partial charge on any atom is 0.179 e. The molecule has 0 amide bonds. The number of hydrogen-bond donors (Lipinski definition) is 0. The third-order valence-electron chi connectivity index (χ3n) is 17.9. The van der Waals surface area contributed by atoms with Gasteiger partial charge < -0.3 is 4.90 Å². The lowest BCUT2D eigenvalue weighted by atomic mass is 9.81. The molecule has 15 aromatic carbocycles. The van der Waals surface area contributed by atoms with Gasteiger partial charge in [0.1, 0.15) is 0 Å². The summed E-state index contributed by atoms with van der Waals surface area (Å²) in [6.07, 6.45) is 0. The van der Waals surface area contributed by atoms with Crippen molar-refractivity contribution in [2.75, 3.05) is 4.90 Å². The van der Waals surface area contributed by atoms with Crippen molar-refractivity contribution in [2.24, 2.45) is 0 Å². The molecular formula is C84H61NSi2. The van der Waals surface area contributed by atoms with Gasteiger partial charge in [0, 0.05) is 17.1 Å². The Labute approximate surface area is 512 Å². The Bertz CT molecular complexity index is 4480. The Kier molecular flexibility index (Phi) is 14.1. The fourth-order valence-corrected chi connectivity index (χ4v) is 23.7. The predicted octanol–water partition coefficient (Wildman–Crippen LogP) is 16.4. The van der Waals surface area contributed by atoms with Gasteiger partial charge in [0.2, 0.25) is 0 Å². The van der Waals surface area contributed by atoms with Crippen molar-refractivity contribution >= 4 is 107 Å². The second-order valence-corrected chi connectivity index (χ2v) is 30.2. The molecular weight excluding hydrogens is 1080 g/mol. The van der Waals surface area contributed by atoms with E-state index in [0.29, 0.717) is 0 Å². The van der Waals surface area contributed by atoms with E-state index in [9.17, 15) is 0 Å². The molecule has 0 aromatic heterocycles. The minimum absolute atomic E-state index is 1.08. The highest BCUT2D eigenvalue weighted by Gasteiger charge is 2.43. The second-order valence-electron chi connectivity index (χ2n) is 22.6. The first-order chi connectivity index (χ1) is 43.2. The van der Waals surface area contributed by atoms with Crippen LogP contribution in [0.15, 0.2) is 370 Å². The van der Waals surface area contributed by atoms with Crippen LogP contribution in [0.2, 0.25) is 0 Å². The summed E-state index contributed by atoms with van der Waals surface area (Å²) in [6, 6.07) is 138. The highest BCUT2D eigenvalue weighted by molar-refractivity contribution is 7.20. The van der Waals surface area contributed by atoms with Crippen molar-refractivity contribution in [2.45, 2.75) is 0 Å². The molecule has 0 N–H and O–H groups in total. The van der Waals surface area contributed by atoms with Crippen molar-refractivity contribution in [3.05, 3.63) is 370 Å². The molecule has 15 aromatic rings. The third-order valence-corrected chi connectivity index (χ3v) is 27.5. The van der Waals surface area contributed by atoms with Crippen molar-refractivity contribution in [3.8, 4) is 33.4 Å². The lowest BCUT2D eigenvalue weighted by molar-refractivity contribution is 1.29. The monoisotopic (exact) mass is 1140 g/mol. The summed E-state index contributed by atoms with van der Waals surface area (Å²) >= 11 is 0. The second kappa shape index (κ2) is 23.1. The fraction of sp³-hybridized carbons (Fsp3) is 0. The minimum atomic E-state index is -2.84. The highest BCUT2D eigenvalue weighted by atomic mass is 28.3. The number of benzene rings is 15. The lowest BCUT2D eigenvalue weighted by Crippen LogP contribution is -2.74. The van der Waals surface area contributed by atoms with Gasteiger partial charge in [-0.25, -0.2) is 0 Å². The maximum absolute atomic E-state index is 2.84. The molecule has 0 atom stereocenters. The molecule has 0 bridgehead atoms. The van der Waals surface area contributed by atoms with Crippen molar-refractivity contribution in [3.63, 3.8) is 0 Å². The van der Waals surface area contributed by atoms with Crippen LogP contribution in [0, 0.1) is 0 Å². The largest absolute Gasteiger partial charge is 0.310 e. The van der Waals surface area contributed by atoms with Crippen LogP contribution >= 0.6 is 0 Å². The van der Waals surface area contributed by atoms with Gasteiger partial charge in [-0.2, -0.15) is 0 Å². The van der Waals surface area contributed by atoms with Crippen LogP contribution in [-0.4, -0.2) is 16.1 Å². The number of fused-ring (bicyclic) bond motifs is 6. The Hall–Kier alpha value is -10.7. The third kappa shape index (κ3) is 9.24. The van der Waals surface area contributed by atoms with Gasteiger partial charge in [0.25, 0.3) is 0 Å². The first-order valence-corrected chi connectivity index (χ1v) is 34.2. The Morgan fingerprint density at radius 2 is 0.471 bits per heavy atom. The molecule has 0 saturated heterocycles. The summed E-state index contributed by atoms with van der Waals surface area (Å²) in [6.45, 7) is 0. The van der Waals surface area contributed by atoms with Gasteiger partial charge in [-0.15, -0.1) is 0 Å². The van der Waals surface area contributed by atoms with Crippen LogP contribution in [0.4, 0.5) is 17.1 Å².